The number of aromatic nitrogens is 2. The fourth-order valence-corrected chi connectivity index (χ4v) is 3.23. The Bertz CT molecular complexity index is 886. The number of nitrogens with zero attached hydrogens (tertiary/aromatic N) is 5. The lowest BCUT2D eigenvalue weighted by Gasteiger charge is -2.35. The van der Waals surface area contributed by atoms with Crippen LogP contribution in [0.2, 0.25) is 0 Å². The van der Waals surface area contributed by atoms with Gasteiger partial charge in [-0.15, -0.1) is 0 Å². The van der Waals surface area contributed by atoms with E-state index >= 15 is 0 Å². The highest BCUT2D eigenvalue weighted by molar-refractivity contribution is 5.95. The van der Waals surface area contributed by atoms with E-state index < -0.39 is 16.6 Å². The minimum atomic E-state index is -0.580. The second-order valence-corrected chi connectivity index (χ2v) is 6.88. The molecule has 1 saturated heterocycles. The van der Waals surface area contributed by atoms with Crippen LogP contribution < -0.4 is 15.8 Å². The first-order valence-electron chi connectivity index (χ1n) is 9.09. The Morgan fingerprint density at radius 2 is 1.93 bits per heavy atom. The minimum Gasteiger partial charge on any atom is -0.351 e. The van der Waals surface area contributed by atoms with Gasteiger partial charge in [-0.2, -0.15) is 0 Å². The quantitative estimate of drug-likeness (QED) is 0.554. The van der Waals surface area contributed by atoms with E-state index in [0.29, 0.717) is 0 Å². The number of piperidine rings is 1. The van der Waals surface area contributed by atoms with Crippen molar-refractivity contribution in [3.05, 3.63) is 52.1 Å². The zero-order valence-electron chi connectivity index (χ0n) is 16.1. The Morgan fingerprint density at radius 1 is 1.28 bits per heavy atom. The summed E-state index contributed by atoms with van der Waals surface area (Å²) in [6, 6.07) is 5.02. The molecule has 10 nitrogen and oxygen atoms in total. The topological polar surface area (TPSA) is 117 Å². The van der Waals surface area contributed by atoms with Gasteiger partial charge in [0.1, 0.15) is 12.1 Å². The number of carbonyl (C=O) groups is 1. The Balaban J connectivity index is 1.78. The summed E-state index contributed by atoms with van der Waals surface area (Å²) in [5, 5.41) is 11.7. The summed E-state index contributed by atoms with van der Waals surface area (Å²) < 4.78 is 13.0. The van der Waals surface area contributed by atoms with E-state index in [2.05, 4.69) is 25.7 Å². The number of nitro groups is 1. The lowest BCUT2D eigenvalue weighted by Crippen LogP contribution is -2.42. The van der Waals surface area contributed by atoms with Gasteiger partial charge < -0.3 is 9.80 Å². The molecule has 154 valence electrons. The number of hydrogen-bond donors (Lipinski definition) is 2. The molecule has 29 heavy (non-hydrogen) atoms. The Hall–Kier alpha value is -3.34. The molecule has 1 aliphatic heterocycles. The molecule has 1 aliphatic rings. The molecule has 0 atom stereocenters. The first-order chi connectivity index (χ1) is 13.9. The second kappa shape index (κ2) is 8.78. The molecule has 2 aromatic rings. The summed E-state index contributed by atoms with van der Waals surface area (Å²) in [7, 11) is 3.81. The van der Waals surface area contributed by atoms with Crippen LogP contribution in [0.5, 0.6) is 0 Å². The van der Waals surface area contributed by atoms with Gasteiger partial charge in [0.25, 0.3) is 5.91 Å². The Morgan fingerprint density at radius 3 is 2.55 bits per heavy atom. The number of nitrogens with one attached hydrogen (secondary N) is 2. The van der Waals surface area contributed by atoms with Gasteiger partial charge in [-0.1, -0.05) is 0 Å². The summed E-state index contributed by atoms with van der Waals surface area (Å²) >= 11 is 0. The van der Waals surface area contributed by atoms with E-state index in [1.165, 1.54) is 18.5 Å². The van der Waals surface area contributed by atoms with Crippen molar-refractivity contribution in [3.8, 4) is 0 Å². The lowest BCUT2D eigenvalue weighted by atomic mass is 10.0. The number of rotatable bonds is 6. The highest BCUT2D eigenvalue weighted by Crippen LogP contribution is 2.33. The van der Waals surface area contributed by atoms with Crippen LogP contribution in [-0.4, -0.2) is 58.9 Å². The summed E-state index contributed by atoms with van der Waals surface area (Å²) in [6.45, 7) is 1.79. The molecule has 1 aromatic carbocycles. The second-order valence-electron chi connectivity index (χ2n) is 6.88. The van der Waals surface area contributed by atoms with Gasteiger partial charge in [-0.25, -0.2) is 14.4 Å². The number of anilines is 2. The molecular formula is C18H22FN7O3. The largest absolute Gasteiger partial charge is 0.355 e. The number of likely N-dealkylation sites (tertiary alicyclic amines) is 1. The molecule has 1 aromatic heterocycles. The van der Waals surface area contributed by atoms with Gasteiger partial charge in [0.15, 0.2) is 0 Å². The molecule has 2 N–H and O–H groups in total. The van der Waals surface area contributed by atoms with Crippen LogP contribution in [-0.2, 0) is 0 Å². The normalized spacial score (nSPS) is 15.0. The maximum atomic E-state index is 13.0. The third kappa shape index (κ3) is 4.74. The number of carbonyl (C=O) groups excluding carboxylic acids is 1. The van der Waals surface area contributed by atoms with Gasteiger partial charge in [0.05, 0.1) is 4.92 Å². The molecule has 2 heterocycles. The van der Waals surface area contributed by atoms with Crippen molar-refractivity contribution < 1.29 is 14.1 Å². The van der Waals surface area contributed by atoms with Gasteiger partial charge in [0, 0.05) is 18.7 Å². The summed E-state index contributed by atoms with van der Waals surface area (Å²) in [5.74, 6) is -1.00. The number of amides is 1. The molecule has 0 unspecified atom stereocenters. The molecule has 0 saturated carbocycles. The van der Waals surface area contributed by atoms with Crippen LogP contribution in [0.3, 0.4) is 0 Å². The first kappa shape index (κ1) is 20.4. The van der Waals surface area contributed by atoms with E-state index in [0.717, 1.165) is 38.1 Å². The maximum absolute atomic E-state index is 13.0. The van der Waals surface area contributed by atoms with Crippen LogP contribution in [0.1, 0.15) is 23.2 Å². The van der Waals surface area contributed by atoms with Crippen molar-refractivity contribution in [1.82, 2.24) is 20.3 Å². The number of benzene rings is 1. The van der Waals surface area contributed by atoms with Crippen LogP contribution >= 0.6 is 0 Å². The first-order valence-corrected chi connectivity index (χ1v) is 9.09. The third-order valence-electron chi connectivity index (χ3n) is 4.96. The monoisotopic (exact) mass is 403 g/mol. The average Bonchev–Trinajstić information content (AvgIpc) is 2.72. The predicted molar refractivity (Wildman–Crippen MR) is 105 cm³/mol. The van der Waals surface area contributed by atoms with Gasteiger partial charge in [-0.05, 0) is 57.2 Å². The van der Waals surface area contributed by atoms with Gasteiger partial charge >= 0.3 is 5.69 Å². The molecule has 0 bridgehead atoms. The molecule has 11 heteroatoms. The molecule has 3 rings (SSSR count). The van der Waals surface area contributed by atoms with Crippen molar-refractivity contribution >= 4 is 23.2 Å². The van der Waals surface area contributed by atoms with Crippen LogP contribution in [0.15, 0.2) is 30.6 Å². The molecular weight excluding hydrogens is 381 g/mol. The number of hydrogen-bond acceptors (Lipinski definition) is 8. The van der Waals surface area contributed by atoms with E-state index in [4.69, 9.17) is 0 Å². The predicted octanol–water partition coefficient (Wildman–Crippen LogP) is 1.81. The highest BCUT2D eigenvalue weighted by Gasteiger charge is 2.30. The van der Waals surface area contributed by atoms with E-state index in [1.807, 2.05) is 7.05 Å². The SMILES string of the molecule is CN1CCC(N(C)c2ncnc(NNC(=O)c3ccc(F)cc3)c2[N+](=O)[O-])CC1. The lowest BCUT2D eigenvalue weighted by molar-refractivity contribution is -0.383. The van der Waals surface area contributed by atoms with Crippen molar-refractivity contribution in [2.45, 2.75) is 18.9 Å². The summed E-state index contributed by atoms with van der Waals surface area (Å²) in [5.41, 5.74) is 4.71. The fourth-order valence-electron chi connectivity index (χ4n) is 3.23. The summed E-state index contributed by atoms with van der Waals surface area (Å²) in [6.07, 6.45) is 2.93. The molecule has 0 aliphatic carbocycles. The zero-order chi connectivity index (χ0) is 21.0. The highest BCUT2D eigenvalue weighted by atomic mass is 19.1. The van der Waals surface area contributed by atoms with E-state index in [1.54, 1.807) is 11.9 Å². The number of halogens is 1. The Kier molecular flexibility index (Phi) is 6.17. The van der Waals surface area contributed by atoms with E-state index in [-0.39, 0.29) is 28.9 Å². The Labute approximate surface area is 166 Å². The third-order valence-corrected chi connectivity index (χ3v) is 4.96. The minimum absolute atomic E-state index is 0.112. The summed E-state index contributed by atoms with van der Waals surface area (Å²) in [4.78, 5) is 35.4. The molecule has 0 radical (unpaired) electrons. The van der Waals surface area contributed by atoms with Crippen LogP contribution in [0.25, 0.3) is 0 Å². The van der Waals surface area contributed by atoms with Crippen molar-refractivity contribution in [2.75, 3.05) is 37.5 Å². The van der Waals surface area contributed by atoms with Crippen molar-refractivity contribution in [2.24, 2.45) is 0 Å². The molecule has 0 spiro atoms. The van der Waals surface area contributed by atoms with Crippen molar-refractivity contribution in [3.63, 3.8) is 0 Å². The fraction of sp³-hybridized carbons (Fsp3) is 0.389. The van der Waals surface area contributed by atoms with Crippen LogP contribution in [0, 0.1) is 15.9 Å². The smallest absolute Gasteiger partial charge is 0.351 e. The van der Waals surface area contributed by atoms with Crippen LogP contribution in [0.4, 0.5) is 21.7 Å². The van der Waals surface area contributed by atoms with E-state index in [9.17, 15) is 19.3 Å². The zero-order valence-corrected chi connectivity index (χ0v) is 16.1. The van der Waals surface area contributed by atoms with Gasteiger partial charge in [-0.3, -0.25) is 25.8 Å². The molecule has 1 fully saturated rings. The standard InChI is InChI=1S/C18H22FN7O3/c1-24-9-7-14(8-10-24)25(2)17-15(26(28)29)16(20-11-21-17)22-23-18(27)12-3-5-13(19)6-4-12/h3-6,11,14H,7-10H2,1-2H3,(H,23,27)(H,20,21,22). The maximum Gasteiger partial charge on any atom is 0.355 e. The molecule has 1 amide bonds. The van der Waals surface area contributed by atoms with Crippen molar-refractivity contribution in [1.29, 1.82) is 0 Å². The van der Waals surface area contributed by atoms with Gasteiger partial charge in [0.2, 0.25) is 11.6 Å². The average molecular weight is 403 g/mol. The number of hydrazine groups is 1.